The van der Waals surface area contributed by atoms with Gasteiger partial charge in [0.05, 0.1) is 18.0 Å². The quantitative estimate of drug-likeness (QED) is 0.436. The second-order valence-corrected chi connectivity index (χ2v) is 7.56. The first-order valence-electron chi connectivity index (χ1n) is 10.6. The monoisotopic (exact) mass is 390 g/mol. The standard InChI is InChI=1S/C20H34N6O2/c1-3-21-20(22-10-7-13-28-18-8-5-4-6-9-18)25-11-12-26(19(27)16-25)17-14-23-24(2)15-17/h14-15,18H,3-13,16H2,1-2H3,(H,21,22). The van der Waals surface area contributed by atoms with Crippen LogP contribution in [-0.2, 0) is 16.6 Å². The summed E-state index contributed by atoms with van der Waals surface area (Å²) in [6.07, 6.45) is 11.3. The zero-order chi connectivity index (χ0) is 19.8. The smallest absolute Gasteiger partial charge is 0.246 e. The molecule has 0 aromatic carbocycles. The fraction of sp³-hybridized carbons (Fsp3) is 0.750. The van der Waals surface area contributed by atoms with Gasteiger partial charge in [-0.25, -0.2) is 0 Å². The summed E-state index contributed by atoms with van der Waals surface area (Å²) in [6.45, 7) is 6.04. The lowest BCUT2D eigenvalue weighted by Crippen LogP contribution is -2.55. The molecule has 2 aliphatic rings. The van der Waals surface area contributed by atoms with Gasteiger partial charge in [-0.15, -0.1) is 0 Å². The maximum Gasteiger partial charge on any atom is 0.246 e. The number of ether oxygens (including phenoxy) is 1. The van der Waals surface area contributed by atoms with E-state index in [1.54, 1.807) is 15.8 Å². The van der Waals surface area contributed by atoms with Gasteiger partial charge in [-0.05, 0) is 26.2 Å². The van der Waals surface area contributed by atoms with E-state index in [1.165, 1.54) is 32.1 Å². The molecule has 8 heteroatoms. The number of piperazine rings is 1. The van der Waals surface area contributed by atoms with Gasteiger partial charge in [0.1, 0.15) is 6.54 Å². The van der Waals surface area contributed by atoms with Crippen LogP contribution in [0.4, 0.5) is 5.69 Å². The van der Waals surface area contributed by atoms with Crippen LogP contribution in [0.2, 0.25) is 0 Å². The summed E-state index contributed by atoms with van der Waals surface area (Å²) in [5.74, 6) is 0.893. The topological polar surface area (TPSA) is 75.0 Å². The van der Waals surface area contributed by atoms with Gasteiger partial charge in [0.15, 0.2) is 5.96 Å². The van der Waals surface area contributed by atoms with Crippen LogP contribution in [0, 0.1) is 0 Å². The van der Waals surface area contributed by atoms with Gasteiger partial charge in [0.2, 0.25) is 5.91 Å². The highest BCUT2D eigenvalue weighted by molar-refractivity contribution is 5.98. The molecule has 1 aliphatic carbocycles. The zero-order valence-corrected chi connectivity index (χ0v) is 17.3. The van der Waals surface area contributed by atoms with Crippen molar-refractivity contribution >= 4 is 17.6 Å². The number of aryl methyl sites for hydroxylation is 1. The van der Waals surface area contributed by atoms with Crippen LogP contribution in [0.15, 0.2) is 17.4 Å². The van der Waals surface area contributed by atoms with Crippen molar-refractivity contribution in [2.45, 2.75) is 51.6 Å². The third kappa shape index (κ3) is 5.70. The highest BCUT2D eigenvalue weighted by atomic mass is 16.5. The van der Waals surface area contributed by atoms with Crippen molar-refractivity contribution in [3.8, 4) is 0 Å². The molecule has 1 aliphatic heterocycles. The third-order valence-corrected chi connectivity index (χ3v) is 5.33. The molecular formula is C20H34N6O2. The number of anilines is 1. The van der Waals surface area contributed by atoms with Crippen LogP contribution in [-0.4, -0.2) is 72.0 Å². The van der Waals surface area contributed by atoms with E-state index in [-0.39, 0.29) is 5.91 Å². The highest BCUT2D eigenvalue weighted by Gasteiger charge is 2.27. The Kier molecular flexibility index (Phi) is 7.71. The van der Waals surface area contributed by atoms with E-state index in [1.807, 2.05) is 18.1 Å². The summed E-state index contributed by atoms with van der Waals surface area (Å²) >= 11 is 0. The van der Waals surface area contributed by atoms with Crippen molar-refractivity contribution in [3.63, 3.8) is 0 Å². The number of hydrogen-bond acceptors (Lipinski definition) is 4. The number of hydrogen-bond donors (Lipinski definition) is 1. The number of amides is 1. The minimum atomic E-state index is 0.0745. The van der Waals surface area contributed by atoms with E-state index in [9.17, 15) is 4.79 Å². The van der Waals surface area contributed by atoms with E-state index in [4.69, 9.17) is 9.73 Å². The predicted molar refractivity (Wildman–Crippen MR) is 111 cm³/mol. The average Bonchev–Trinajstić information content (AvgIpc) is 3.13. The number of carbonyl (C=O) groups is 1. The molecule has 0 unspecified atom stereocenters. The summed E-state index contributed by atoms with van der Waals surface area (Å²) < 4.78 is 7.70. The van der Waals surface area contributed by atoms with Crippen LogP contribution in [0.1, 0.15) is 45.4 Å². The van der Waals surface area contributed by atoms with Crippen molar-refractivity contribution < 1.29 is 9.53 Å². The van der Waals surface area contributed by atoms with E-state index in [2.05, 4.69) is 17.3 Å². The molecular weight excluding hydrogens is 356 g/mol. The lowest BCUT2D eigenvalue weighted by atomic mass is 9.98. The van der Waals surface area contributed by atoms with Gasteiger partial charge in [-0.1, -0.05) is 19.3 Å². The van der Waals surface area contributed by atoms with Crippen LogP contribution in [0.3, 0.4) is 0 Å². The molecule has 1 amide bonds. The number of aliphatic imine (C=N–C) groups is 1. The molecule has 2 fully saturated rings. The molecule has 1 aromatic heterocycles. The maximum absolute atomic E-state index is 12.6. The van der Waals surface area contributed by atoms with Crippen molar-refractivity contribution in [1.29, 1.82) is 0 Å². The zero-order valence-electron chi connectivity index (χ0n) is 17.3. The van der Waals surface area contributed by atoms with E-state index in [0.29, 0.717) is 25.7 Å². The van der Waals surface area contributed by atoms with Crippen molar-refractivity contribution in [2.75, 3.05) is 44.2 Å². The second kappa shape index (κ2) is 10.5. The number of aromatic nitrogens is 2. The Balaban J connectivity index is 1.46. The number of nitrogens with one attached hydrogen (secondary N) is 1. The van der Waals surface area contributed by atoms with E-state index in [0.717, 1.165) is 37.8 Å². The molecule has 1 N–H and O–H groups in total. The Hall–Kier alpha value is -2.09. The van der Waals surface area contributed by atoms with Crippen LogP contribution >= 0.6 is 0 Å². The van der Waals surface area contributed by atoms with Gasteiger partial charge in [-0.3, -0.25) is 14.5 Å². The summed E-state index contributed by atoms with van der Waals surface area (Å²) in [5.41, 5.74) is 0.856. The molecule has 1 saturated heterocycles. The molecule has 1 saturated carbocycles. The van der Waals surface area contributed by atoms with Gasteiger partial charge in [0, 0.05) is 46.0 Å². The molecule has 2 heterocycles. The Morgan fingerprint density at radius 3 is 2.82 bits per heavy atom. The molecule has 156 valence electrons. The highest BCUT2D eigenvalue weighted by Crippen LogP contribution is 2.20. The second-order valence-electron chi connectivity index (χ2n) is 7.56. The van der Waals surface area contributed by atoms with Crippen molar-refractivity contribution in [2.24, 2.45) is 12.0 Å². The van der Waals surface area contributed by atoms with Gasteiger partial charge < -0.3 is 19.9 Å². The third-order valence-electron chi connectivity index (χ3n) is 5.33. The summed E-state index contributed by atoms with van der Waals surface area (Å²) in [5, 5.41) is 7.48. The molecule has 28 heavy (non-hydrogen) atoms. The summed E-state index contributed by atoms with van der Waals surface area (Å²) in [7, 11) is 1.86. The van der Waals surface area contributed by atoms with E-state index >= 15 is 0 Å². The number of rotatable bonds is 7. The molecule has 0 spiro atoms. The maximum atomic E-state index is 12.6. The van der Waals surface area contributed by atoms with Gasteiger partial charge in [-0.2, -0.15) is 5.10 Å². The number of guanidine groups is 1. The predicted octanol–water partition coefficient (Wildman–Crippen LogP) is 1.77. The Morgan fingerprint density at radius 1 is 1.32 bits per heavy atom. The molecule has 1 aromatic rings. The first-order valence-corrected chi connectivity index (χ1v) is 10.6. The Labute approximate surface area is 167 Å². The van der Waals surface area contributed by atoms with Gasteiger partial charge >= 0.3 is 0 Å². The normalized spacial score (nSPS) is 19.4. The molecule has 3 rings (SSSR count). The van der Waals surface area contributed by atoms with Crippen LogP contribution in [0.5, 0.6) is 0 Å². The number of nitrogens with zero attached hydrogens (tertiary/aromatic N) is 5. The van der Waals surface area contributed by atoms with Gasteiger partial charge in [0.25, 0.3) is 0 Å². The number of carbonyl (C=O) groups excluding carboxylic acids is 1. The minimum Gasteiger partial charge on any atom is -0.378 e. The molecule has 0 bridgehead atoms. The molecule has 8 nitrogen and oxygen atoms in total. The lowest BCUT2D eigenvalue weighted by Gasteiger charge is -2.35. The average molecular weight is 391 g/mol. The van der Waals surface area contributed by atoms with E-state index < -0.39 is 0 Å². The fourth-order valence-electron chi connectivity index (χ4n) is 3.83. The summed E-state index contributed by atoms with van der Waals surface area (Å²) in [6, 6.07) is 0. The van der Waals surface area contributed by atoms with Crippen LogP contribution < -0.4 is 10.2 Å². The van der Waals surface area contributed by atoms with Crippen LogP contribution in [0.25, 0.3) is 0 Å². The Bertz CT molecular complexity index is 653. The van der Waals surface area contributed by atoms with Crippen molar-refractivity contribution in [1.82, 2.24) is 20.0 Å². The first-order chi connectivity index (χ1) is 13.7. The fourth-order valence-corrected chi connectivity index (χ4v) is 3.83. The largest absolute Gasteiger partial charge is 0.378 e. The lowest BCUT2D eigenvalue weighted by molar-refractivity contribution is -0.120. The molecule has 0 atom stereocenters. The van der Waals surface area contributed by atoms with Crippen molar-refractivity contribution in [3.05, 3.63) is 12.4 Å². The minimum absolute atomic E-state index is 0.0745. The SMILES string of the molecule is CCNC(=NCCCOC1CCCCC1)N1CCN(c2cnn(C)c2)C(=O)C1. The molecule has 0 radical (unpaired) electrons. The first kappa shape index (κ1) is 20.6. The summed E-state index contributed by atoms with van der Waals surface area (Å²) in [4.78, 5) is 21.2. The Morgan fingerprint density at radius 2 is 2.14 bits per heavy atom.